The van der Waals surface area contributed by atoms with Gasteiger partial charge in [-0.05, 0) is 48.5 Å². The van der Waals surface area contributed by atoms with Crippen LogP contribution in [0.2, 0.25) is 0 Å². The van der Waals surface area contributed by atoms with E-state index in [0.717, 1.165) is 17.7 Å². The van der Waals surface area contributed by atoms with Crippen LogP contribution in [0.4, 0.5) is 5.69 Å². The number of hydrazine groups is 1. The molecule has 2 aromatic carbocycles. The van der Waals surface area contributed by atoms with Crippen LogP contribution in [0.3, 0.4) is 0 Å². The lowest BCUT2D eigenvalue weighted by Crippen LogP contribution is -2.43. The van der Waals surface area contributed by atoms with E-state index >= 15 is 0 Å². The molecule has 0 aromatic heterocycles. The summed E-state index contributed by atoms with van der Waals surface area (Å²) in [5.41, 5.74) is 4.46. The summed E-state index contributed by atoms with van der Waals surface area (Å²) in [6.07, 6.45) is 0.913. The van der Waals surface area contributed by atoms with Crippen molar-refractivity contribution in [2.24, 2.45) is 0 Å². The minimum Gasteiger partial charge on any atom is -0.332 e. The van der Waals surface area contributed by atoms with Gasteiger partial charge in [0.15, 0.2) is 5.11 Å². The fraction of sp³-hybridized carbons (Fsp3) is 0.133. The van der Waals surface area contributed by atoms with E-state index in [1.807, 2.05) is 24.3 Å². The van der Waals surface area contributed by atoms with Crippen LogP contribution in [0.25, 0.3) is 0 Å². The smallest absolute Gasteiger partial charge is 0.257 e. The Morgan fingerprint density at radius 3 is 2.50 bits per heavy atom. The largest absolute Gasteiger partial charge is 0.332 e. The molecule has 5 nitrogen and oxygen atoms in total. The molecule has 0 radical (unpaired) electrons. The zero-order chi connectivity index (χ0) is 16.0. The normalized spacial score (nSPS) is 11.0. The van der Waals surface area contributed by atoms with Crippen LogP contribution in [-0.2, 0) is 16.4 Å². The van der Waals surface area contributed by atoms with Gasteiger partial charge in [0.1, 0.15) is 0 Å². The minimum atomic E-state index is -3.65. The molecule has 2 aromatic rings. The van der Waals surface area contributed by atoms with E-state index in [4.69, 9.17) is 12.2 Å². The Labute approximate surface area is 135 Å². The SMILES string of the molecule is CCc1cccc(NC(=S)NNS(=O)(=O)c2ccccc2)c1. The summed E-state index contributed by atoms with van der Waals surface area (Å²) in [5, 5.41) is 3.11. The Bertz CT molecular complexity index is 746. The molecule has 0 aliphatic rings. The van der Waals surface area contributed by atoms with Gasteiger partial charge in [-0.25, -0.2) is 8.42 Å². The summed E-state index contributed by atoms with van der Waals surface area (Å²) in [6.45, 7) is 2.06. The summed E-state index contributed by atoms with van der Waals surface area (Å²) in [5.74, 6) is 0. The van der Waals surface area contributed by atoms with Gasteiger partial charge in [-0.15, -0.1) is 4.83 Å². The highest BCUT2D eigenvalue weighted by Crippen LogP contribution is 2.11. The minimum absolute atomic E-state index is 0.165. The molecule has 0 aliphatic carbocycles. The van der Waals surface area contributed by atoms with Gasteiger partial charge in [-0.3, -0.25) is 5.43 Å². The number of sulfonamides is 1. The standard InChI is InChI=1S/C15H17N3O2S2/c1-2-12-7-6-8-13(11-12)16-15(21)17-18-22(19,20)14-9-4-3-5-10-14/h3-11,18H,2H2,1H3,(H2,16,17,21). The molecule has 0 unspecified atom stereocenters. The van der Waals surface area contributed by atoms with Crippen molar-refractivity contribution in [1.82, 2.24) is 10.3 Å². The first kappa shape index (κ1) is 16.4. The Morgan fingerprint density at radius 1 is 1.09 bits per heavy atom. The number of rotatable bonds is 5. The van der Waals surface area contributed by atoms with Crippen molar-refractivity contribution in [2.45, 2.75) is 18.2 Å². The van der Waals surface area contributed by atoms with Crippen molar-refractivity contribution in [3.05, 3.63) is 60.2 Å². The number of nitrogens with one attached hydrogen (secondary N) is 3. The number of anilines is 1. The second-order valence-corrected chi connectivity index (χ2v) is 6.64. The van der Waals surface area contributed by atoms with Crippen molar-refractivity contribution >= 4 is 33.0 Å². The quantitative estimate of drug-likeness (QED) is 0.578. The van der Waals surface area contributed by atoms with E-state index < -0.39 is 10.0 Å². The topological polar surface area (TPSA) is 70.2 Å². The molecule has 22 heavy (non-hydrogen) atoms. The predicted octanol–water partition coefficient (Wildman–Crippen LogP) is 2.43. The first-order chi connectivity index (χ1) is 10.5. The number of benzene rings is 2. The van der Waals surface area contributed by atoms with Gasteiger partial charge in [0, 0.05) is 5.69 Å². The first-order valence-electron chi connectivity index (χ1n) is 6.74. The summed E-state index contributed by atoms with van der Waals surface area (Å²) in [6, 6.07) is 15.8. The average Bonchev–Trinajstić information content (AvgIpc) is 2.54. The zero-order valence-electron chi connectivity index (χ0n) is 12.0. The molecule has 0 saturated carbocycles. The second kappa shape index (κ2) is 7.35. The van der Waals surface area contributed by atoms with E-state index in [-0.39, 0.29) is 10.0 Å². The first-order valence-corrected chi connectivity index (χ1v) is 8.63. The van der Waals surface area contributed by atoms with Gasteiger partial charge in [0.2, 0.25) is 0 Å². The monoisotopic (exact) mass is 335 g/mol. The Morgan fingerprint density at radius 2 is 1.82 bits per heavy atom. The molecule has 2 rings (SSSR count). The molecule has 0 amide bonds. The van der Waals surface area contributed by atoms with Crippen LogP contribution in [0.15, 0.2) is 59.5 Å². The van der Waals surface area contributed by atoms with Crippen LogP contribution in [0.1, 0.15) is 12.5 Å². The molecule has 116 valence electrons. The molecule has 3 N–H and O–H groups in total. The molecular weight excluding hydrogens is 318 g/mol. The molecule has 0 spiro atoms. The predicted molar refractivity (Wildman–Crippen MR) is 91.9 cm³/mol. The van der Waals surface area contributed by atoms with E-state index in [1.54, 1.807) is 18.2 Å². The maximum atomic E-state index is 12.0. The summed E-state index contributed by atoms with van der Waals surface area (Å²) in [4.78, 5) is 2.41. The highest BCUT2D eigenvalue weighted by atomic mass is 32.2. The van der Waals surface area contributed by atoms with Crippen LogP contribution in [0.5, 0.6) is 0 Å². The van der Waals surface area contributed by atoms with Gasteiger partial charge in [-0.1, -0.05) is 37.3 Å². The number of hydrogen-bond donors (Lipinski definition) is 3. The number of thiocarbonyl (C=S) groups is 1. The fourth-order valence-electron chi connectivity index (χ4n) is 1.80. The number of hydrogen-bond acceptors (Lipinski definition) is 3. The molecular formula is C15H17N3O2S2. The van der Waals surface area contributed by atoms with Crippen molar-refractivity contribution in [3.63, 3.8) is 0 Å². The fourth-order valence-corrected chi connectivity index (χ4v) is 2.91. The van der Waals surface area contributed by atoms with Gasteiger partial charge in [0.05, 0.1) is 4.90 Å². The third-order valence-corrected chi connectivity index (χ3v) is 4.41. The van der Waals surface area contributed by atoms with Gasteiger partial charge >= 0.3 is 0 Å². The molecule has 0 bridgehead atoms. The third kappa shape index (κ3) is 4.52. The lowest BCUT2D eigenvalue weighted by Gasteiger charge is -2.12. The molecule has 0 heterocycles. The van der Waals surface area contributed by atoms with Crippen LogP contribution in [-0.4, -0.2) is 13.5 Å². The number of aryl methyl sites for hydroxylation is 1. The molecule has 0 atom stereocenters. The molecule has 0 aliphatic heterocycles. The van der Waals surface area contributed by atoms with Gasteiger partial charge in [0.25, 0.3) is 10.0 Å². The second-order valence-electron chi connectivity index (χ2n) is 4.55. The highest BCUT2D eigenvalue weighted by molar-refractivity contribution is 7.89. The lowest BCUT2D eigenvalue weighted by molar-refractivity contribution is 0.578. The third-order valence-electron chi connectivity index (χ3n) is 2.95. The average molecular weight is 335 g/mol. The van der Waals surface area contributed by atoms with E-state index in [9.17, 15) is 8.42 Å². The Hall–Kier alpha value is -1.96. The molecule has 0 saturated heterocycles. The van der Waals surface area contributed by atoms with Crippen molar-refractivity contribution in [2.75, 3.05) is 5.32 Å². The summed E-state index contributed by atoms with van der Waals surface area (Å²) < 4.78 is 24.1. The van der Waals surface area contributed by atoms with E-state index in [0.29, 0.717) is 0 Å². The summed E-state index contributed by atoms with van der Waals surface area (Å²) in [7, 11) is -3.65. The van der Waals surface area contributed by atoms with Gasteiger partial charge < -0.3 is 5.32 Å². The van der Waals surface area contributed by atoms with E-state index in [2.05, 4.69) is 22.5 Å². The van der Waals surface area contributed by atoms with Crippen molar-refractivity contribution in [1.29, 1.82) is 0 Å². The van der Waals surface area contributed by atoms with E-state index in [1.165, 1.54) is 12.1 Å². The maximum absolute atomic E-state index is 12.0. The maximum Gasteiger partial charge on any atom is 0.257 e. The van der Waals surface area contributed by atoms with Crippen molar-refractivity contribution in [3.8, 4) is 0 Å². The Balaban J connectivity index is 1.95. The highest BCUT2D eigenvalue weighted by Gasteiger charge is 2.13. The van der Waals surface area contributed by atoms with Crippen LogP contribution < -0.4 is 15.6 Å². The van der Waals surface area contributed by atoms with Gasteiger partial charge in [-0.2, -0.15) is 0 Å². The molecule has 7 heteroatoms. The zero-order valence-corrected chi connectivity index (χ0v) is 13.7. The Kier molecular flexibility index (Phi) is 5.48. The van der Waals surface area contributed by atoms with Crippen LogP contribution >= 0.6 is 12.2 Å². The molecule has 0 fully saturated rings. The van der Waals surface area contributed by atoms with Crippen LogP contribution in [0, 0.1) is 0 Å². The summed E-state index contributed by atoms with van der Waals surface area (Å²) >= 11 is 5.08. The van der Waals surface area contributed by atoms with Crippen molar-refractivity contribution < 1.29 is 8.42 Å². The lowest BCUT2D eigenvalue weighted by atomic mass is 10.1.